The molecule has 0 atom stereocenters. The second-order valence-corrected chi connectivity index (χ2v) is 8.14. The Bertz CT molecular complexity index is 1140. The normalized spacial score (nSPS) is 10.4. The molecule has 0 fully saturated rings. The summed E-state index contributed by atoms with van der Waals surface area (Å²) in [6.07, 6.45) is 0.116. The summed E-state index contributed by atoms with van der Waals surface area (Å²) in [7, 11) is 0. The number of hydrogen-bond donors (Lipinski definition) is 3. The molecule has 4 rings (SSSR count). The van der Waals surface area contributed by atoms with E-state index in [0.717, 1.165) is 11.4 Å². The van der Waals surface area contributed by atoms with Crippen molar-refractivity contribution >= 4 is 56.7 Å². The average Bonchev–Trinajstić information content (AvgIpc) is 3.43. The van der Waals surface area contributed by atoms with Gasteiger partial charge in [-0.3, -0.25) is 14.9 Å². The Labute approximate surface area is 181 Å². The molecule has 8 heteroatoms. The number of carbonyl (C=O) groups excluding carboxylic acids is 2. The van der Waals surface area contributed by atoms with Gasteiger partial charge in [-0.2, -0.15) is 0 Å². The molecule has 0 aliphatic heterocycles. The fourth-order valence-corrected chi connectivity index (χ4v) is 4.07. The molecular formula is C22H18N4O2S2. The Morgan fingerprint density at radius 2 is 1.60 bits per heavy atom. The first-order valence-electron chi connectivity index (χ1n) is 9.17. The first-order chi connectivity index (χ1) is 14.7. The second-order valence-electron chi connectivity index (χ2n) is 6.34. The van der Waals surface area contributed by atoms with Gasteiger partial charge in [-0.05, 0) is 35.7 Å². The van der Waals surface area contributed by atoms with Crippen LogP contribution in [-0.2, 0) is 11.2 Å². The Balaban J connectivity index is 1.37. The average molecular weight is 435 g/mol. The third-order valence-electron chi connectivity index (χ3n) is 4.11. The molecule has 2 aromatic carbocycles. The lowest BCUT2D eigenvalue weighted by atomic mass is 10.2. The van der Waals surface area contributed by atoms with Gasteiger partial charge in [-0.1, -0.05) is 36.4 Å². The van der Waals surface area contributed by atoms with Crippen molar-refractivity contribution in [2.24, 2.45) is 0 Å². The number of carbonyl (C=O) groups is 2. The Morgan fingerprint density at radius 3 is 2.37 bits per heavy atom. The van der Waals surface area contributed by atoms with Gasteiger partial charge >= 0.3 is 0 Å². The SMILES string of the molecule is O=C(Cc1csc(NC(=O)c2cccs2)n1)Nc1ccccc1Nc1ccccc1. The van der Waals surface area contributed by atoms with Gasteiger partial charge in [0, 0.05) is 11.1 Å². The van der Waals surface area contributed by atoms with Crippen LogP contribution < -0.4 is 16.0 Å². The van der Waals surface area contributed by atoms with Crippen LogP contribution in [0.25, 0.3) is 0 Å². The van der Waals surface area contributed by atoms with Gasteiger partial charge in [0.1, 0.15) is 0 Å². The number of para-hydroxylation sites is 3. The van der Waals surface area contributed by atoms with Crippen LogP contribution in [0.1, 0.15) is 15.4 Å². The Kier molecular flexibility index (Phi) is 6.17. The second kappa shape index (κ2) is 9.34. The lowest BCUT2D eigenvalue weighted by molar-refractivity contribution is -0.115. The smallest absolute Gasteiger partial charge is 0.267 e. The fraction of sp³-hybridized carbons (Fsp3) is 0.0455. The molecule has 0 radical (unpaired) electrons. The highest BCUT2D eigenvalue weighted by atomic mass is 32.1. The highest BCUT2D eigenvalue weighted by Crippen LogP contribution is 2.25. The zero-order valence-corrected chi connectivity index (χ0v) is 17.4. The molecule has 0 bridgehead atoms. The van der Waals surface area contributed by atoms with E-state index >= 15 is 0 Å². The fourth-order valence-electron chi connectivity index (χ4n) is 2.75. The number of amides is 2. The van der Waals surface area contributed by atoms with E-state index in [1.165, 1.54) is 22.7 Å². The molecule has 0 saturated carbocycles. The van der Waals surface area contributed by atoms with E-state index in [-0.39, 0.29) is 18.2 Å². The van der Waals surface area contributed by atoms with Gasteiger partial charge in [0.05, 0.1) is 28.4 Å². The third kappa shape index (κ3) is 5.11. The van der Waals surface area contributed by atoms with E-state index in [1.54, 1.807) is 11.4 Å². The van der Waals surface area contributed by atoms with Gasteiger partial charge in [-0.25, -0.2) is 4.98 Å². The number of thiazole rings is 1. The largest absolute Gasteiger partial charge is 0.354 e. The van der Waals surface area contributed by atoms with Crippen molar-refractivity contribution in [3.63, 3.8) is 0 Å². The number of benzene rings is 2. The van der Waals surface area contributed by atoms with E-state index in [1.807, 2.05) is 66.0 Å². The molecule has 2 aromatic heterocycles. The summed E-state index contributed by atoms with van der Waals surface area (Å²) >= 11 is 2.66. The first kappa shape index (κ1) is 19.8. The topological polar surface area (TPSA) is 83.1 Å². The number of rotatable bonds is 7. The molecule has 3 N–H and O–H groups in total. The van der Waals surface area contributed by atoms with Crippen molar-refractivity contribution in [1.29, 1.82) is 0 Å². The van der Waals surface area contributed by atoms with Gasteiger partial charge < -0.3 is 10.6 Å². The zero-order valence-electron chi connectivity index (χ0n) is 15.8. The molecule has 2 heterocycles. The summed E-state index contributed by atoms with van der Waals surface area (Å²) in [6, 6.07) is 20.9. The van der Waals surface area contributed by atoms with Crippen LogP contribution in [0.15, 0.2) is 77.5 Å². The van der Waals surface area contributed by atoms with Gasteiger partial charge in [-0.15, -0.1) is 22.7 Å². The molecule has 4 aromatic rings. The highest BCUT2D eigenvalue weighted by molar-refractivity contribution is 7.14. The molecule has 150 valence electrons. The van der Waals surface area contributed by atoms with Crippen LogP contribution in [0.5, 0.6) is 0 Å². The lowest BCUT2D eigenvalue weighted by Gasteiger charge is -2.12. The maximum atomic E-state index is 12.5. The molecule has 30 heavy (non-hydrogen) atoms. The minimum atomic E-state index is -0.198. The predicted octanol–water partition coefficient (Wildman–Crippen LogP) is 5.38. The van der Waals surface area contributed by atoms with E-state index in [0.29, 0.717) is 21.4 Å². The number of thiophene rings is 1. The molecule has 0 aliphatic carbocycles. The monoisotopic (exact) mass is 434 g/mol. The van der Waals surface area contributed by atoms with Crippen molar-refractivity contribution in [1.82, 2.24) is 4.98 Å². The van der Waals surface area contributed by atoms with Crippen LogP contribution in [0.4, 0.5) is 22.2 Å². The molecular weight excluding hydrogens is 416 g/mol. The van der Waals surface area contributed by atoms with Gasteiger partial charge in [0.25, 0.3) is 5.91 Å². The van der Waals surface area contributed by atoms with Crippen molar-refractivity contribution < 1.29 is 9.59 Å². The van der Waals surface area contributed by atoms with E-state index in [2.05, 4.69) is 20.9 Å². The van der Waals surface area contributed by atoms with E-state index < -0.39 is 0 Å². The summed E-state index contributed by atoms with van der Waals surface area (Å²) in [5, 5.41) is 13.1. The van der Waals surface area contributed by atoms with Crippen molar-refractivity contribution in [2.45, 2.75) is 6.42 Å². The maximum absolute atomic E-state index is 12.5. The van der Waals surface area contributed by atoms with Gasteiger partial charge in [0.2, 0.25) is 5.91 Å². The van der Waals surface area contributed by atoms with Crippen LogP contribution in [0, 0.1) is 0 Å². The predicted molar refractivity (Wildman–Crippen MR) is 123 cm³/mol. The number of nitrogens with one attached hydrogen (secondary N) is 3. The third-order valence-corrected chi connectivity index (χ3v) is 5.79. The van der Waals surface area contributed by atoms with Gasteiger partial charge in [0.15, 0.2) is 5.13 Å². The van der Waals surface area contributed by atoms with Crippen molar-refractivity contribution in [3.05, 3.63) is 88.1 Å². The minimum absolute atomic E-state index is 0.116. The van der Waals surface area contributed by atoms with Crippen LogP contribution in [0.2, 0.25) is 0 Å². The van der Waals surface area contributed by atoms with Crippen molar-refractivity contribution in [2.75, 3.05) is 16.0 Å². The molecule has 0 spiro atoms. The van der Waals surface area contributed by atoms with Crippen molar-refractivity contribution in [3.8, 4) is 0 Å². The standard InChI is InChI=1S/C22H18N4O2S2/c27-20(13-16-14-30-22(24-16)26-21(28)19-11-6-12-29-19)25-18-10-5-4-9-17(18)23-15-7-2-1-3-8-15/h1-12,14,23H,13H2,(H,25,27)(H,24,26,28). The first-order valence-corrected chi connectivity index (χ1v) is 10.9. The summed E-state index contributed by atoms with van der Waals surface area (Å²) < 4.78 is 0. The molecule has 0 saturated heterocycles. The van der Waals surface area contributed by atoms with Crippen LogP contribution >= 0.6 is 22.7 Å². The highest BCUT2D eigenvalue weighted by Gasteiger charge is 2.13. The summed E-state index contributed by atoms with van der Waals surface area (Å²) in [5.74, 6) is -0.380. The molecule has 6 nitrogen and oxygen atoms in total. The quantitative estimate of drug-likeness (QED) is 0.365. The number of hydrogen-bond acceptors (Lipinski definition) is 6. The molecule has 0 aliphatic rings. The molecule has 0 unspecified atom stereocenters. The summed E-state index contributed by atoms with van der Waals surface area (Å²) in [5.41, 5.74) is 3.03. The minimum Gasteiger partial charge on any atom is -0.354 e. The number of nitrogens with zero attached hydrogens (tertiary/aromatic N) is 1. The Morgan fingerprint density at radius 1 is 0.833 bits per heavy atom. The Hall–Kier alpha value is -3.49. The zero-order chi connectivity index (χ0) is 20.8. The van der Waals surface area contributed by atoms with Crippen LogP contribution in [-0.4, -0.2) is 16.8 Å². The van der Waals surface area contributed by atoms with Crippen LogP contribution in [0.3, 0.4) is 0 Å². The molecule has 2 amide bonds. The maximum Gasteiger partial charge on any atom is 0.267 e. The lowest BCUT2D eigenvalue weighted by Crippen LogP contribution is -2.16. The number of aromatic nitrogens is 1. The van der Waals surface area contributed by atoms with E-state index in [4.69, 9.17) is 0 Å². The van der Waals surface area contributed by atoms with E-state index in [9.17, 15) is 9.59 Å². The summed E-state index contributed by atoms with van der Waals surface area (Å²) in [6.45, 7) is 0. The summed E-state index contributed by atoms with van der Waals surface area (Å²) in [4.78, 5) is 29.6. The number of anilines is 4.